The van der Waals surface area contributed by atoms with Crippen molar-refractivity contribution in [3.05, 3.63) is 107 Å². The number of rotatable bonds is 6. The summed E-state index contributed by atoms with van der Waals surface area (Å²) in [5, 5.41) is 13.5. The first-order valence-corrected chi connectivity index (χ1v) is 12.9. The molecule has 0 spiro atoms. The lowest BCUT2D eigenvalue weighted by Gasteiger charge is -2.23. The van der Waals surface area contributed by atoms with Crippen LogP contribution in [-0.2, 0) is 16.2 Å². The number of carbonyl (C=O) groups excluding carboxylic acids is 2. The number of hydrogen-bond donors (Lipinski definition) is 1. The van der Waals surface area contributed by atoms with Crippen LogP contribution < -0.4 is 19.1 Å². The van der Waals surface area contributed by atoms with Gasteiger partial charge in [0.05, 0.1) is 11.6 Å². The third-order valence-corrected chi connectivity index (χ3v) is 7.08. The lowest BCUT2D eigenvalue weighted by molar-refractivity contribution is -0.132. The Labute approximate surface area is 222 Å². The second-order valence-electron chi connectivity index (χ2n) is 8.69. The molecule has 0 radical (unpaired) electrons. The van der Waals surface area contributed by atoms with E-state index in [1.54, 1.807) is 48.0 Å². The lowest BCUT2D eigenvalue weighted by atomic mass is 9.95. The van der Waals surface area contributed by atoms with Crippen LogP contribution in [0, 0.1) is 0 Å². The number of thiazole rings is 1. The summed E-state index contributed by atoms with van der Waals surface area (Å²) in [6.45, 7) is 1.16. The first kappa shape index (κ1) is 23.7. The largest absolute Gasteiger partial charge is 0.507 e. The minimum Gasteiger partial charge on any atom is -0.507 e. The van der Waals surface area contributed by atoms with E-state index in [9.17, 15) is 14.7 Å². The molecule has 1 unspecified atom stereocenters. The summed E-state index contributed by atoms with van der Waals surface area (Å²) in [4.78, 5) is 32.3. The zero-order valence-corrected chi connectivity index (χ0v) is 20.9. The SMILES string of the molecule is O=C1C(=O)N(c2nccs2)C(c2cccc(OCc3ccccc3)c2)/C1=C(/O)c1ccc2c(c1)OCCO2. The Morgan fingerprint density at radius 2 is 1.82 bits per heavy atom. The molecule has 1 fully saturated rings. The van der Waals surface area contributed by atoms with Crippen LogP contribution in [0.3, 0.4) is 0 Å². The van der Waals surface area contributed by atoms with E-state index in [1.165, 1.54) is 16.2 Å². The first-order chi connectivity index (χ1) is 18.6. The molecule has 1 amide bonds. The topological polar surface area (TPSA) is 98.2 Å². The van der Waals surface area contributed by atoms with Crippen LogP contribution in [0.5, 0.6) is 17.2 Å². The number of Topliss-reactive ketones (excluding diaryl/α,β-unsaturated/α-hetero) is 1. The highest BCUT2D eigenvalue weighted by molar-refractivity contribution is 7.14. The fourth-order valence-electron chi connectivity index (χ4n) is 4.54. The number of hydrogen-bond acceptors (Lipinski definition) is 8. The number of ether oxygens (including phenoxy) is 3. The summed E-state index contributed by atoms with van der Waals surface area (Å²) in [5.41, 5.74) is 1.91. The zero-order chi connectivity index (χ0) is 26.1. The molecule has 190 valence electrons. The number of aliphatic hydroxyl groups is 1. The van der Waals surface area contributed by atoms with Gasteiger partial charge in [0.1, 0.15) is 31.3 Å². The molecule has 1 N–H and O–H groups in total. The summed E-state index contributed by atoms with van der Waals surface area (Å²) < 4.78 is 17.2. The number of ketones is 1. The van der Waals surface area contributed by atoms with Gasteiger partial charge in [-0.05, 0) is 41.5 Å². The van der Waals surface area contributed by atoms with Crippen molar-refractivity contribution in [2.24, 2.45) is 0 Å². The van der Waals surface area contributed by atoms with E-state index in [-0.39, 0.29) is 11.3 Å². The third-order valence-electron chi connectivity index (χ3n) is 6.31. The average Bonchev–Trinajstić information content (AvgIpc) is 3.58. The van der Waals surface area contributed by atoms with Gasteiger partial charge in [0, 0.05) is 17.1 Å². The quantitative estimate of drug-likeness (QED) is 0.212. The number of nitrogens with zero attached hydrogens (tertiary/aromatic N) is 2. The Morgan fingerprint density at radius 3 is 2.61 bits per heavy atom. The molecule has 0 aliphatic carbocycles. The highest BCUT2D eigenvalue weighted by Gasteiger charge is 2.48. The zero-order valence-electron chi connectivity index (χ0n) is 20.1. The van der Waals surface area contributed by atoms with E-state index in [1.807, 2.05) is 36.4 Å². The molecule has 8 nitrogen and oxygen atoms in total. The Morgan fingerprint density at radius 1 is 1.00 bits per heavy atom. The van der Waals surface area contributed by atoms with E-state index in [2.05, 4.69) is 4.98 Å². The van der Waals surface area contributed by atoms with Crippen molar-refractivity contribution in [2.45, 2.75) is 12.6 Å². The molecule has 0 saturated carbocycles. The molecule has 1 aromatic heterocycles. The number of aliphatic hydroxyl groups excluding tert-OH is 1. The fourth-order valence-corrected chi connectivity index (χ4v) is 5.21. The van der Waals surface area contributed by atoms with Gasteiger partial charge in [-0.25, -0.2) is 4.98 Å². The van der Waals surface area contributed by atoms with E-state index in [0.29, 0.717) is 53.3 Å². The first-order valence-electron chi connectivity index (χ1n) is 12.0. The molecule has 6 rings (SSSR count). The van der Waals surface area contributed by atoms with Crippen LogP contribution in [-0.4, -0.2) is 35.0 Å². The maximum absolute atomic E-state index is 13.4. The third kappa shape index (κ3) is 4.37. The van der Waals surface area contributed by atoms with Crippen molar-refractivity contribution in [1.82, 2.24) is 4.98 Å². The standard InChI is InChI=1S/C29H22N2O6S/c32-26(20-9-10-22-23(16-20)36-13-12-35-22)24-25(31(28(34)27(24)33)29-30-11-14-38-29)19-7-4-8-21(15-19)37-17-18-5-2-1-3-6-18/h1-11,14-16,25,32H,12-13,17H2/b26-24-. The molecular weight excluding hydrogens is 504 g/mol. The van der Waals surface area contributed by atoms with Crippen molar-refractivity contribution in [2.75, 3.05) is 18.1 Å². The second-order valence-corrected chi connectivity index (χ2v) is 9.56. The molecule has 3 aromatic carbocycles. The maximum atomic E-state index is 13.4. The molecule has 4 aromatic rings. The smallest absolute Gasteiger partial charge is 0.301 e. The Kier molecular flexibility index (Phi) is 6.27. The molecule has 9 heteroatoms. The maximum Gasteiger partial charge on any atom is 0.301 e. The number of carbonyl (C=O) groups is 2. The Hall–Kier alpha value is -4.63. The highest BCUT2D eigenvalue weighted by atomic mass is 32.1. The van der Waals surface area contributed by atoms with Gasteiger partial charge in [-0.2, -0.15) is 0 Å². The van der Waals surface area contributed by atoms with Gasteiger partial charge in [0.2, 0.25) is 0 Å². The number of anilines is 1. The summed E-state index contributed by atoms with van der Waals surface area (Å²) >= 11 is 1.23. The van der Waals surface area contributed by atoms with Crippen LogP contribution in [0.2, 0.25) is 0 Å². The van der Waals surface area contributed by atoms with Crippen molar-refractivity contribution >= 4 is 33.9 Å². The number of aromatic nitrogens is 1. The second kappa shape index (κ2) is 10.0. The number of amides is 1. The van der Waals surface area contributed by atoms with Gasteiger partial charge in [-0.3, -0.25) is 14.5 Å². The molecule has 1 saturated heterocycles. The van der Waals surface area contributed by atoms with E-state index < -0.39 is 17.7 Å². The Balaban J connectivity index is 1.43. The average molecular weight is 527 g/mol. The summed E-state index contributed by atoms with van der Waals surface area (Å²) in [6, 6.07) is 20.9. The normalized spacial score (nSPS) is 18.0. The van der Waals surface area contributed by atoms with Crippen LogP contribution in [0.15, 0.2) is 89.9 Å². The Bertz CT molecular complexity index is 1530. The number of fused-ring (bicyclic) bond motifs is 1. The van der Waals surface area contributed by atoms with Crippen molar-refractivity contribution in [1.29, 1.82) is 0 Å². The van der Waals surface area contributed by atoms with Gasteiger partial charge in [-0.1, -0.05) is 42.5 Å². The van der Waals surface area contributed by atoms with Crippen LogP contribution in [0.1, 0.15) is 22.7 Å². The predicted octanol–water partition coefficient (Wildman–Crippen LogP) is 5.12. The van der Waals surface area contributed by atoms with Crippen LogP contribution in [0.25, 0.3) is 5.76 Å². The van der Waals surface area contributed by atoms with E-state index in [4.69, 9.17) is 14.2 Å². The van der Waals surface area contributed by atoms with Gasteiger partial charge in [-0.15, -0.1) is 11.3 Å². The van der Waals surface area contributed by atoms with Gasteiger partial charge < -0.3 is 19.3 Å². The molecule has 2 aliphatic rings. The van der Waals surface area contributed by atoms with Gasteiger partial charge in [0.25, 0.3) is 5.78 Å². The molecule has 2 aliphatic heterocycles. The summed E-state index contributed by atoms with van der Waals surface area (Å²) in [5.74, 6) is -0.290. The van der Waals surface area contributed by atoms with Crippen molar-refractivity contribution in [3.63, 3.8) is 0 Å². The predicted molar refractivity (Wildman–Crippen MR) is 142 cm³/mol. The molecule has 1 atom stereocenters. The fraction of sp³-hybridized carbons (Fsp3) is 0.138. The van der Waals surface area contributed by atoms with Crippen LogP contribution >= 0.6 is 11.3 Å². The minimum absolute atomic E-state index is 0.0397. The lowest BCUT2D eigenvalue weighted by Crippen LogP contribution is -2.29. The van der Waals surface area contributed by atoms with Crippen LogP contribution in [0.4, 0.5) is 5.13 Å². The molecule has 0 bridgehead atoms. The van der Waals surface area contributed by atoms with E-state index >= 15 is 0 Å². The molecule has 38 heavy (non-hydrogen) atoms. The minimum atomic E-state index is -0.908. The number of benzene rings is 3. The molecular formula is C29H22N2O6S. The molecule has 3 heterocycles. The highest BCUT2D eigenvalue weighted by Crippen LogP contribution is 2.44. The van der Waals surface area contributed by atoms with E-state index in [0.717, 1.165) is 5.56 Å². The van der Waals surface area contributed by atoms with Crippen molar-refractivity contribution in [3.8, 4) is 17.2 Å². The van der Waals surface area contributed by atoms with Gasteiger partial charge >= 0.3 is 5.91 Å². The summed E-state index contributed by atoms with van der Waals surface area (Å²) in [6.07, 6.45) is 1.57. The van der Waals surface area contributed by atoms with Crippen molar-refractivity contribution < 1.29 is 28.9 Å². The summed E-state index contributed by atoms with van der Waals surface area (Å²) in [7, 11) is 0. The monoisotopic (exact) mass is 526 g/mol. The van der Waals surface area contributed by atoms with Gasteiger partial charge in [0.15, 0.2) is 16.6 Å².